The Bertz CT molecular complexity index is 309. The van der Waals surface area contributed by atoms with Crippen molar-refractivity contribution >= 4 is 11.8 Å². The van der Waals surface area contributed by atoms with Gasteiger partial charge in [0, 0.05) is 20.1 Å². The lowest BCUT2D eigenvalue weighted by Crippen LogP contribution is -2.50. The molecule has 5 nitrogen and oxygen atoms in total. The van der Waals surface area contributed by atoms with Gasteiger partial charge in [-0.25, -0.2) is 0 Å². The third-order valence-corrected chi connectivity index (χ3v) is 4.00. The van der Waals surface area contributed by atoms with Gasteiger partial charge in [0.1, 0.15) is 0 Å². The van der Waals surface area contributed by atoms with Crippen molar-refractivity contribution in [2.75, 3.05) is 33.2 Å². The van der Waals surface area contributed by atoms with Crippen LogP contribution >= 0.6 is 0 Å². The quantitative estimate of drug-likeness (QED) is 0.738. The number of carbonyl (C=O) groups is 2. The van der Waals surface area contributed by atoms with Crippen LogP contribution in [-0.2, 0) is 9.59 Å². The highest BCUT2D eigenvalue weighted by molar-refractivity contribution is 5.88. The number of rotatable bonds is 5. The predicted octanol–water partition coefficient (Wildman–Crippen LogP) is 0.217. The number of hydrogen-bond donors (Lipinski definition) is 2. The van der Waals surface area contributed by atoms with Crippen molar-refractivity contribution in [1.29, 1.82) is 0 Å². The van der Waals surface area contributed by atoms with Crippen LogP contribution in [0.1, 0.15) is 27.2 Å². The van der Waals surface area contributed by atoms with Crippen molar-refractivity contribution in [2.45, 2.75) is 27.2 Å². The average Bonchev–Trinajstić information content (AvgIpc) is 2.85. The molecule has 18 heavy (non-hydrogen) atoms. The van der Waals surface area contributed by atoms with Gasteiger partial charge in [-0.1, -0.05) is 13.8 Å². The van der Waals surface area contributed by atoms with Crippen LogP contribution in [0.4, 0.5) is 0 Å². The van der Waals surface area contributed by atoms with E-state index < -0.39 is 0 Å². The first-order valence-corrected chi connectivity index (χ1v) is 6.68. The molecule has 1 atom stereocenters. The fraction of sp³-hybridized carbons (Fsp3) is 0.846. The van der Waals surface area contributed by atoms with E-state index in [9.17, 15) is 9.59 Å². The van der Waals surface area contributed by atoms with Crippen molar-refractivity contribution < 1.29 is 9.59 Å². The second-order valence-corrected chi connectivity index (χ2v) is 5.23. The van der Waals surface area contributed by atoms with Crippen molar-refractivity contribution in [3.63, 3.8) is 0 Å². The number of hydrogen-bond acceptors (Lipinski definition) is 3. The van der Waals surface area contributed by atoms with Crippen molar-refractivity contribution in [1.82, 2.24) is 15.5 Å². The molecule has 0 aromatic heterocycles. The number of carbonyl (C=O) groups excluding carboxylic acids is 2. The van der Waals surface area contributed by atoms with Gasteiger partial charge in [0.2, 0.25) is 11.8 Å². The fourth-order valence-electron chi connectivity index (χ4n) is 2.53. The molecule has 104 valence electrons. The highest BCUT2D eigenvalue weighted by atomic mass is 16.2. The number of likely N-dealkylation sites (N-methyl/N-ethyl adjacent to an activating group) is 2. The van der Waals surface area contributed by atoms with Crippen LogP contribution in [0.2, 0.25) is 0 Å². The van der Waals surface area contributed by atoms with Crippen molar-refractivity contribution in [2.24, 2.45) is 11.3 Å². The van der Waals surface area contributed by atoms with Gasteiger partial charge in [-0.15, -0.1) is 0 Å². The zero-order chi connectivity index (χ0) is 13.8. The maximum Gasteiger partial charge on any atom is 0.239 e. The van der Waals surface area contributed by atoms with Gasteiger partial charge in [0.05, 0.1) is 12.0 Å². The zero-order valence-corrected chi connectivity index (χ0v) is 11.9. The average molecular weight is 255 g/mol. The minimum Gasteiger partial charge on any atom is -0.358 e. The molecular weight excluding hydrogens is 230 g/mol. The lowest BCUT2D eigenvalue weighted by atomic mass is 9.75. The molecule has 0 spiro atoms. The van der Waals surface area contributed by atoms with Crippen LogP contribution in [0.5, 0.6) is 0 Å². The van der Waals surface area contributed by atoms with Gasteiger partial charge in [0.25, 0.3) is 0 Å². The van der Waals surface area contributed by atoms with E-state index in [4.69, 9.17) is 0 Å². The maximum atomic E-state index is 12.7. The van der Waals surface area contributed by atoms with Crippen LogP contribution < -0.4 is 10.6 Å². The first kappa shape index (κ1) is 15.0. The summed E-state index contributed by atoms with van der Waals surface area (Å²) in [5.74, 6) is 0.266. The summed E-state index contributed by atoms with van der Waals surface area (Å²) in [5, 5.41) is 5.84. The fourth-order valence-corrected chi connectivity index (χ4v) is 2.53. The summed E-state index contributed by atoms with van der Waals surface area (Å²) in [6.45, 7) is 8.39. The summed E-state index contributed by atoms with van der Waals surface area (Å²) in [7, 11) is 1.59. The minimum absolute atomic E-state index is 0.105. The Morgan fingerprint density at radius 3 is 2.50 bits per heavy atom. The van der Waals surface area contributed by atoms with Gasteiger partial charge in [-0.2, -0.15) is 0 Å². The first-order valence-electron chi connectivity index (χ1n) is 6.68. The molecular formula is C13H25N3O2. The van der Waals surface area contributed by atoms with Crippen LogP contribution in [0.3, 0.4) is 0 Å². The standard InChI is InChI=1S/C13H25N3O2/c1-5-16(8-11(17)14-4)12(18)13(10(2)3)6-7-15-9-13/h10,15H,5-9H2,1-4H3,(H,14,17). The Morgan fingerprint density at radius 1 is 1.44 bits per heavy atom. The van der Waals surface area contributed by atoms with Crippen LogP contribution in [0.25, 0.3) is 0 Å². The summed E-state index contributed by atoms with van der Waals surface area (Å²) in [4.78, 5) is 25.8. The summed E-state index contributed by atoms with van der Waals surface area (Å²) in [5.41, 5.74) is -0.343. The molecule has 0 aromatic rings. The highest BCUT2D eigenvalue weighted by Crippen LogP contribution is 2.36. The highest BCUT2D eigenvalue weighted by Gasteiger charge is 2.45. The lowest BCUT2D eigenvalue weighted by molar-refractivity contribution is -0.146. The topological polar surface area (TPSA) is 61.4 Å². The third-order valence-electron chi connectivity index (χ3n) is 4.00. The molecule has 5 heteroatoms. The van der Waals surface area contributed by atoms with E-state index in [1.807, 2.05) is 6.92 Å². The molecule has 0 saturated carbocycles. The third kappa shape index (κ3) is 2.83. The van der Waals surface area contributed by atoms with Crippen LogP contribution in [-0.4, -0.2) is 49.9 Å². The van der Waals surface area contributed by atoms with Gasteiger partial charge >= 0.3 is 0 Å². The second-order valence-electron chi connectivity index (χ2n) is 5.23. The van der Waals surface area contributed by atoms with E-state index in [0.29, 0.717) is 13.1 Å². The molecule has 0 radical (unpaired) electrons. The van der Waals surface area contributed by atoms with Gasteiger partial charge < -0.3 is 15.5 Å². The van der Waals surface area contributed by atoms with Crippen molar-refractivity contribution in [3.05, 3.63) is 0 Å². The van der Waals surface area contributed by atoms with E-state index in [0.717, 1.165) is 13.0 Å². The Labute approximate surface area is 109 Å². The van der Waals surface area contributed by atoms with Crippen LogP contribution in [0, 0.1) is 11.3 Å². The van der Waals surface area contributed by atoms with Gasteiger partial charge in [-0.3, -0.25) is 9.59 Å². The molecule has 0 aliphatic carbocycles. The molecule has 1 saturated heterocycles. The molecule has 1 fully saturated rings. The number of nitrogens with one attached hydrogen (secondary N) is 2. The molecule has 0 aromatic carbocycles. The molecule has 2 N–H and O–H groups in total. The first-order chi connectivity index (χ1) is 8.47. The summed E-state index contributed by atoms with van der Waals surface area (Å²) < 4.78 is 0. The van der Waals surface area contributed by atoms with E-state index in [2.05, 4.69) is 24.5 Å². The Kier molecular flexibility index (Phi) is 5.14. The van der Waals surface area contributed by atoms with E-state index in [1.54, 1.807) is 11.9 Å². The Balaban J connectivity index is 2.84. The monoisotopic (exact) mass is 255 g/mol. The molecule has 1 aliphatic rings. The van der Waals surface area contributed by atoms with E-state index in [1.165, 1.54) is 0 Å². The molecule has 2 amide bonds. The minimum atomic E-state index is -0.343. The lowest BCUT2D eigenvalue weighted by Gasteiger charge is -2.36. The van der Waals surface area contributed by atoms with Crippen molar-refractivity contribution in [3.8, 4) is 0 Å². The largest absolute Gasteiger partial charge is 0.358 e. The maximum absolute atomic E-state index is 12.7. The number of nitrogens with zero attached hydrogens (tertiary/aromatic N) is 1. The molecule has 1 rings (SSSR count). The molecule has 1 heterocycles. The molecule has 1 aliphatic heterocycles. The Morgan fingerprint density at radius 2 is 2.11 bits per heavy atom. The SMILES string of the molecule is CCN(CC(=O)NC)C(=O)C1(C(C)C)CCNC1. The van der Waals surface area contributed by atoms with Gasteiger partial charge in [-0.05, 0) is 25.8 Å². The van der Waals surface area contributed by atoms with Crippen LogP contribution in [0.15, 0.2) is 0 Å². The summed E-state index contributed by atoms with van der Waals surface area (Å²) in [6, 6.07) is 0. The molecule has 1 unspecified atom stereocenters. The second kappa shape index (κ2) is 6.18. The molecule has 0 bridgehead atoms. The smallest absolute Gasteiger partial charge is 0.239 e. The predicted molar refractivity (Wildman–Crippen MR) is 71.1 cm³/mol. The zero-order valence-electron chi connectivity index (χ0n) is 11.9. The normalized spacial score (nSPS) is 23.2. The van der Waals surface area contributed by atoms with E-state index >= 15 is 0 Å². The Hall–Kier alpha value is -1.10. The van der Waals surface area contributed by atoms with E-state index in [-0.39, 0.29) is 29.7 Å². The number of amides is 2. The summed E-state index contributed by atoms with van der Waals surface area (Å²) >= 11 is 0. The van der Waals surface area contributed by atoms with Gasteiger partial charge in [0.15, 0.2) is 0 Å². The summed E-state index contributed by atoms with van der Waals surface area (Å²) in [6.07, 6.45) is 0.855.